The minimum absolute atomic E-state index is 0.0262. The van der Waals surface area contributed by atoms with Crippen LogP contribution in [0, 0.1) is 10.1 Å². The molecule has 1 aliphatic rings. The number of hydrogen-bond acceptors (Lipinski definition) is 6. The fourth-order valence-corrected chi connectivity index (χ4v) is 1.97. The van der Waals surface area contributed by atoms with E-state index < -0.39 is 4.92 Å². The van der Waals surface area contributed by atoms with Crippen molar-refractivity contribution in [2.45, 2.75) is 0 Å². The third kappa shape index (κ3) is 3.33. The zero-order chi connectivity index (χ0) is 13.8. The van der Waals surface area contributed by atoms with Crippen molar-refractivity contribution < 1.29 is 9.66 Å². The van der Waals surface area contributed by atoms with Crippen molar-refractivity contribution in [3.05, 3.63) is 28.3 Å². The number of hydrogen-bond donors (Lipinski definition) is 1. The third-order valence-corrected chi connectivity index (χ3v) is 3.18. The molecular formula is C12H18N4O3. The van der Waals surface area contributed by atoms with Crippen LogP contribution < -0.4 is 10.2 Å². The Bertz CT molecular complexity index is 458. The van der Waals surface area contributed by atoms with Gasteiger partial charge in [-0.3, -0.25) is 10.1 Å². The Morgan fingerprint density at radius 2 is 2.00 bits per heavy atom. The summed E-state index contributed by atoms with van der Waals surface area (Å²) < 4.78 is 5.01. The molecule has 7 heteroatoms. The summed E-state index contributed by atoms with van der Waals surface area (Å²) in [6.45, 7) is 3.55. The Morgan fingerprint density at radius 1 is 1.32 bits per heavy atom. The molecular weight excluding hydrogens is 248 g/mol. The van der Waals surface area contributed by atoms with Crippen LogP contribution in [0.25, 0.3) is 0 Å². The molecule has 0 atom stereocenters. The van der Waals surface area contributed by atoms with Crippen molar-refractivity contribution in [1.82, 2.24) is 9.91 Å². The van der Waals surface area contributed by atoms with Gasteiger partial charge in [0.2, 0.25) is 0 Å². The van der Waals surface area contributed by atoms with Gasteiger partial charge in [0.25, 0.3) is 5.69 Å². The van der Waals surface area contributed by atoms with Crippen molar-refractivity contribution in [2.24, 2.45) is 0 Å². The summed E-state index contributed by atoms with van der Waals surface area (Å²) >= 11 is 0. The molecule has 0 aliphatic carbocycles. The number of ether oxygens (including phenoxy) is 1. The molecule has 0 amide bonds. The van der Waals surface area contributed by atoms with Gasteiger partial charge < -0.3 is 15.1 Å². The summed E-state index contributed by atoms with van der Waals surface area (Å²) in [7, 11) is 3.56. The number of likely N-dealkylation sites (N-methyl/N-ethyl adjacent to an activating group) is 1. The van der Waals surface area contributed by atoms with Gasteiger partial charge in [-0.2, -0.15) is 0 Å². The van der Waals surface area contributed by atoms with E-state index in [0.29, 0.717) is 11.4 Å². The Labute approximate surface area is 111 Å². The van der Waals surface area contributed by atoms with Gasteiger partial charge in [0.05, 0.1) is 18.1 Å². The average molecular weight is 266 g/mol. The van der Waals surface area contributed by atoms with Gasteiger partial charge in [-0.15, -0.1) is 0 Å². The lowest BCUT2D eigenvalue weighted by Gasteiger charge is -2.32. The normalized spacial score (nSPS) is 17.2. The van der Waals surface area contributed by atoms with E-state index in [4.69, 9.17) is 4.74 Å². The monoisotopic (exact) mass is 266 g/mol. The van der Waals surface area contributed by atoms with Crippen molar-refractivity contribution >= 4 is 11.4 Å². The zero-order valence-corrected chi connectivity index (χ0v) is 11.1. The van der Waals surface area contributed by atoms with E-state index >= 15 is 0 Å². The fourth-order valence-electron chi connectivity index (χ4n) is 1.97. The second-order valence-electron chi connectivity index (χ2n) is 4.54. The van der Waals surface area contributed by atoms with Crippen LogP contribution in [0.2, 0.25) is 0 Å². The van der Waals surface area contributed by atoms with E-state index in [1.807, 2.05) is 5.01 Å². The van der Waals surface area contributed by atoms with Crippen molar-refractivity contribution in [2.75, 3.05) is 45.8 Å². The molecule has 104 valence electrons. The smallest absolute Gasteiger partial charge is 0.297 e. The highest BCUT2D eigenvalue weighted by Gasteiger charge is 2.19. The summed E-state index contributed by atoms with van der Waals surface area (Å²) in [6, 6.07) is 4.82. The number of benzene rings is 1. The molecule has 0 bridgehead atoms. The van der Waals surface area contributed by atoms with E-state index in [2.05, 4.69) is 17.4 Å². The molecule has 0 unspecified atom stereocenters. The lowest BCUT2D eigenvalue weighted by Crippen LogP contribution is -2.47. The maximum absolute atomic E-state index is 11.1. The molecule has 1 fully saturated rings. The van der Waals surface area contributed by atoms with Crippen molar-refractivity contribution in [3.8, 4) is 5.75 Å². The molecule has 19 heavy (non-hydrogen) atoms. The molecule has 0 aromatic heterocycles. The molecule has 2 rings (SSSR count). The molecule has 7 nitrogen and oxygen atoms in total. The average Bonchev–Trinajstić information content (AvgIpc) is 2.41. The maximum atomic E-state index is 11.1. The van der Waals surface area contributed by atoms with Crippen molar-refractivity contribution in [3.63, 3.8) is 0 Å². The largest absolute Gasteiger partial charge is 0.496 e. The van der Waals surface area contributed by atoms with E-state index in [9.17, 15) is 10.1 Å². The Kier molecular flexibility index (Phi) is 4.18. The number of rotatable bonds is 4. The molecule has 1 aromatic rings. The summed E-state index contributed by atoms with van der Waals surface area (Å²) in [6.07, 6.45) is 0. The highest BCUT2D eigenvalue weighted by molar-refractivity contribution is 5.63. The summed E-state index contributed by atoms with van der Waals surface area (Å²) in [5.41, 5.74) is 3.63. The van der Waals surface area contributed by atoms with Gasteiger partial charge in [0.1, 0.15) is 11.4 Å². The van der Waals surface area contributed by atoms with Gasteiger partial charge in [-0.05, 0) is 19.2 Å². The molecule has 0 saturated carbocycles. The highest BCUT2D eigenvalue weighted by Crippen LogP contribution is 2.29. The molecule has 1 saturated heterocycles. The van der Waals surface area contributed by atoms with Gasteiger partial charge in [0.15, 0.2) is 0 Å². The number of piperazine rings is 1. The van der Waals surface area contributed by atoms with Crippen LogP contribution in [-0.2, 0) is 0 Å². The predicted molar refractivity (Wildman–Crippen MR) is 72.3 cm³/mol. The van der Waals surface area contributed by atoms with E-state index in [1.54, 1.807) is 12.1 Å². The molecule has 1 aromatic carbocycles. The van der Waals surface area contributed by atoms with E-state index in [-0.39, 0.29) is 5.69 Å². The molecule has 0 radical (unpaired) electrons. The number of hydrazine groups is 1. The number of anilines is 1. The van der Waals surface area contributed by atoms with E-state index in [1.165, 1.54) is 13.2 Å². The first-order valence-corrected chi connectivity index (χ1v) is 6.12. The SMILES string of the molecule is COc1ccc(NN2CCN(C)CC2)c([N+](=O)[O-])c1. The Hall–Kier alpha value is -1.86. The Balaban J connectivity index is 2.13. The number of nitro groups is 1. The van der Waals surface area contributed by atoms with Crippen LogP contribution >= 0.6 is 0 Å². The maximum Gasteiger partial charge on any atom is 0.297 e. The van der Waals surface area contributed by atoms with Gasteiger partial charge in [0, 0.05) is 26.2 Å². The number of nitrogens with zero attached hydrogens (tertiary/aromatic N) is 3. The van der Waals surface area contributed by atoms with Crippen LogP contribution in [0.15, 0.2) is 18.2 Å². The first-order valence-electron chi connectivity index (χ1n) is 6.12. The Morgan fingerprint density at radius 3 is 2.58 bits per heavy atom. The van der Waals surface area contributed by atoms with Crippen LogP contribution in [0.1, 0.15) is 0 Å². The topological polar surface area (TPSA) is 70.9 Å². The summed E-state index contributed by atoms with van der Waals surface area (Å²) in [5.74, 6) is 0.482. The van der Waals surface area contributed by atoms with Crippen LogP contribution in [0.3, 0.4) is 0 Å². The lowest BCUT2D eigenvalue weighted by atomic mass is 10.2. The highest BCUT2D eigenvalue weighted by atomic mass is 16.6. The number of nitrogens with one attached hydrogen (secondary N) is 1. The molecule has 1 heterocycles. The standard InChI is InChI=1S/C12H18N4O3/c1-14-5-7-15(8-6-14)13-11-4-3-10(19-2)9-12(11)16(17)18/h3-4,9,13H,5-8H2,1-2H3. The molecule has 1 aliphatic heterocycles. The summed E-state index contributed by atoms with van der Waals surface area (Å²) in [4.78, 5) is 12.9. The fraction of sp³-hybridized carbons (Fsp3) is 0.500. The third-order valence-electron chi connectivity index (χ3n) is 3.18. The lowest BCUT2D eigenvalue weighted by molar-refractivity contribution is -0.384. The summed E-state index contributed by atoms with van der Waals surface area (Å²) in [5, 5.41) is 13.1. The second-order valence-corrected chi connectivity index (χ2v) is 4.54. The zero-order valence-electron chi connectivity index (χ0n) is 11.1. The number of nitro benzene ring substituents is 1. The van der Waals surface area contributed by atoms with Crippen LogP contribution in [0.4, 0.5) is 11.4 Å². The minimum Gasteiger partial charge on any atom is -0.496 e. The predicted octanol–water partition coefficient (Wildman–Crippen LogP) is 1.18. The van der Waals surface area contributed by atoms with Crippen LogP contribution in [0.5, 0.6) is 5.75 Å². The molecule has 0 spiro atoms. The molecule has 1 N–H and O–H groups in total. The van der Waals surface area contributed by atoms with E-state index in [0.717, 1.165) is 26.2 Å². The quantitative estimate of drug-likeness (QED) is 0.651. The van der Waals surface area contributed by atoms with Crippen molar-refractivity contribution in [1.29, 1.82) is 0 Å². The van der Waals surface area contributed by atoms with Gasteiger partial charge in [-0.25, -0.2) is 5.01 Å². The minimum atomic E-state index is -0.402. The second kappa shape index (κ2) is 5.85. The first kappa shape index (κ1) is 13.6. The van der Waals surface area contributed by atoms with Crippen LogP contribution in [-0.4, -0.2) is 55.2 Å². The first-order chi connectivity index (χ1) is 9.10. The number of methoxy groups -OCH3 is 1. The van der Waals surface area contributed by atoms with Gasteiger partial charge >= 0.3 is 0 Å². The van der Waals surface area contributed by atoms with Gasteiger partial charge in [-0.1, -0.05) is 0 Å².